The predicted octanol–water partition coefficient (Wildman–Crippen LogP) is 15.6. The van der Waals surface area contributed by atoms with Gasteiger partial charge in [0.05, 0.1) is 16.8 Å². The number of nitrogens with zero attached hydrogens (tertiary/aromatic N) is 1. The van der Waals surface area contributed by atoms with Crippen LogP contribution in [0.15, 0.2) is 234 Å². The molecule has 0 fully saturated rings. The molecular weight excluding hydrogens is 731 g/mol. The van der Waals surface area contributed by atoms with Crippen LogP contribution in [0.3, 0.4) is 0 Å². The number of hydrogen-bond donors (Lipinski definition) is 0. The van der Waals surface area contributed by atoms with E-state index in [2.05, 4.69) is 229 Å². The van der Waals surface area contributed by atoms with Gasteiger partial charge < -0.3 is 4.90 Å². The molecule has 10 aromatic rings. The van der Waals surface area contributed by atoms with Crippen molar-refractivity contribution < 1.29 is 0 Å². The Balaban J connectivity index is 1.07. The van der Waals surface area contributed by atoms with Crippen LogP contribution in [0.1, 0.15) is 22.3 Å². The fourth-order valence-electron chi connectivity index (χ4n) is 9.80. The van der Waals surface area contributed by atoms with Crippen molar-refractivity contribution in [2.75, 3.05) is 4.90 Å². The van der Waals surface area contributed by atoms with E-state index in [1.165, 1.54) is 98.3 Å². The van der Waals surface area contributed by atoms with Gasteiger partial charge in [-0.2, -0.15) is 0 Å². The Morgan fingerprint density at radius 1 is 0.356 bits per heavy atom. The van der Waals surface area contributed by atoms with Crippen LogP contribution in [0.4, 0.5) is 17.1 Å². The molecule has 10 aromatic carbocycles. The zero-order valence-corrected chi connectivity index (χ0v) is 33.0. The van der Waals surface area contributed by atoms with Gasteiger partial charge in [0, 0.05) is 15.5 Å². The van der Waals surface area contributed by atoms with E-state index in [0.29, 0.717) is 0 Å². The highest BCUT2D eigenvalue weighted by molar-refractivity contribution is 8.00. The molecule has 1 aliphatic carbocycles. The van der Waals surface area contributed by atoms with E-state index in [1.54, 1.807) is 0 Å². The van der Waals surface area contributed by atoms with Crippen molar-refractivity contribution in [3.05, 3.63) is 247 Å². The average Bonchev–Trinajstić information content (AvgIpc) is 3.59. The Hall–Kier alpha value is -7.13. The van der Waals surface area contributed by atoms with E-state index in [1.807, 2.05) is 11.8 Å². The first-order valence-corrected chi connectivity index (χ1v) is 21.1. The van der Waals surface area contributed by atoms with Crippen molar-refractivity contribution >= 4 is 50.4 Å². The summed E-state index contributed by atoms with van der Waals surface area (Å²) < 4.78 is 0. The minimum absolute atomic E-state index is 0.463. The largest absolute Gasteiger partial charge is 0.308 e. The van der Waals surface area contributed by atoms with Crippen LogP contribution in [0.25, 0.3) is 54.9 Å². The van der Waals surface area contributed by atoms with Gasteiger partial charge in [-0.3, -0.25) is 0 Å². The Labute approximate surface area is 348 Å². The lowest BCUT2D eigenvalue weighted by Gasteiger charge is -2.34. The molecule has 2 aliphatic rings. The van der Waals surface area contributed by atoms with Crippen molar-refractivity contribution in [3.63, 3.8) is 0 Å². The quantitative estimate of drug-likeness (QED) is 0.172. The van der Waals surface area contributed by atoms with Crippen LogP contribution >= 0.6 is 11.8 Å². The molecular formula is C57H37NS. The highest BCUT2D eigenvalue weighted by atomic mass is 32.2. The summed E-state index contributed by atoms with van der Waals surface area (Å²) >= 11 is 1.88. The molecule has 1 aliphatic heterocycles. The molecule has 12 rings (SSSR count). The van der Waals surface area contributed by atoms with Crippen LogP contribution in [-0.4, -0.2) is 0 Å². The molecule has 0 atom stereocenters. The highest BCUT2D eigenvalue weighted by Crippen LogP contribution is 2.58. The summed E-state index contributed by atoms with van der Waals surface area (Å²) in [6.45, 7) is 0. The van der Waals surface area contributed by atoms with Gasteiger partial charge in [-0.15, -0.1) is 0 Å². The smallest absolute Gasteiger partial charge is 0.0713 e. The van der Waals surface area contributed by atoms with E-state index < -0.39 is 5.41 Å². The maximum absolute atomic E-state index is 2.48. The summed E-state index contributed by atoms with van der Waals surface area (Å²) in [5.74, 6) is 0. The molecule has 1 heterocycles. The fourth-order valence-corrected chi connectivity index (χ4v) is 11.0. The molecule has 0 spiro atoms. The van der Waals surface area contributed by atoms with E-state index in [9.17, 15) is 0 Å². The second-order valence-corrected chi connectivity index (χ2v) is 16.7. The fraction of sp³-hybridized carbons (Fsp3) is 0.0175. The molecule has 276 valence electrons. The van der Waals surface area contributed by atoms with E-state index in [0.717, 1.165) is 5.69 Å². The van der Waals surface area contributed by atoms with Gasteiger partial charge in [-0.1, -0.05) is 188 Å². The Morgan fingerprint density at radius 3 is 1.71 bits per heavy atom. The van der Waals surface area contributed by atoms with E-state index >= 15 is 0 Å². The number of fused-ring (bicyclic) bond motifs is 8. The van der Waals surface area contributed by atoms with Crippen molar-refractivity contribution in [1.82, 2.24) is 0 Å². The lowest BCUT2D eigenvalue weighted by atomic mass is 9.67. The summed E-state index contributed by atoms with van der Waals surface area (Å²) in [6.07, 6.45) is 0. The zero-order chi connectivity index (χ0) is 38.9. The molecule has 2 heteroatoms. The molecule has 0 amide bonds. The van der Waals surface area contributed by atoms with Crippen molar-refractivity contribution in [2.24, 2.45) is 0 Å². The summed E-state index contributed by atoms with van der Waals surface area (Å²) in [4.78, 5) is 5.01. The molecule has 1 nitrogen and oxygen atoms in total. The summed E-state index contributed by atoms with van der Waals surface area (Å²) in [6, 6.07) is 83.2. The molecule has 0 saturated heterocycles. The van der Waals surface area contributed by atoms with Gasteiger partial charge >= 0.3 is 0 Å². The van der Waals surface area contributed by atoms with Crippen molar-refractivity contribution in [1.29, 1.82) is 0 Å². The first-order chi connectivity index (χ1) is 29.2. The lowest BCUT2D eigenvalue weighted by molar-refractivity contribution is 0.769. The second-order valence-electron chi connectivity index (χ2n) is 15.7. The lowest BCUT2D eigenvalue weighted by Crippen LogP contribution is -2.28. The normalized spacial score (nSPS) is 13.5. The molecule has 0 bridgehead atoms. The Kier molecular flexibility index (Phi) is 7.76. The number of hydrogen-bond acceptors (Lipinski definition) is 2. The van der Waals surface area contributed by atoms with Crippen LogP contribution in [0.5, 0.6) is 0 Å². The number of anilines is 3. The van der Waals surface area contributed by atoms with Gasteiger partial charge in [0.1, 0.15) is 0 Å². The Bertz CT molecular complexity index is 3200. The predicted molar refractivity (Wildman–Crippen MR) is 248 cm³/mol. The molecule has 0 aromatic heterocycles. The van der Waals surface area contributed by atoms with Gasteiger partial charge in [0.2, 0.25) is 0 Å². The molecule has 59 heavy (non-hydrogen) atoms. The van der Waals surface area contributed by atoms with E-state index in [-0.39, 0.29) is 0 Å². The molecule has 0 unspecified atom stereocenters. The van der Waals surface area contributed by atoms with Gasteiger partial charge in [0.15, 0.2) is 0 Å². The van der Waals surface area contributed by atoms with Gasteiger partial charge in [-0.05, 0) is 126 Å². The summed E-state index contributed by atoms with van der Waals surface area (Å²) in [5.41, 5.74) is 15.7. The van der Waals surface area contributed by atoms with Crippen molar-refractivity contribution in [3.8, 4) is 33.4 Å². The third-order valence-electron chi connectivity index (χ3n) is 12.5. The maximum atomic E-state index is 2.48. The van der Waals surface area contributed by atoms with E-state index in [4.69, 9.17) is 0 Å². The molecule has 0 N–H and O–H groups in total. The number of rotatable bonds is 5. The minimum atomic E-state index is -0.463. The topological polar surface area (TPSA) is 3.24 Å². The highest BCUT2D eigenvalue weighted by Gasteiger charge is 2.46. The molecule has 0 radical (unpaired) electrons. The average molecular weight is 768 g/mol. The standard InChI is InChI=1S/C57H37NS/c1-4-15-38(16-5-1)40-20-14-25-47(33-40)58-53-31-28-39-17-12-13-26-48(39)56(53)59-55-32-29-44(37-54(55)58)43-27-30-51-49(35-43)50-34-41-18-10-11-19-42(41)36-52(50)57(51,45-21-6-2-7-22-45)46-23-8-3-9-24-46/h1-37H. The van der Waals surface area contributed by atoms with Crippen molar-refractivity contribution in [2.45, 2.75) is 15.2 Å². The Morgan fingerprint density at radius 2 is 0.949 bits per heavy atom. The number of benzene rings is 10. The SMILES string of the molecule is c1ccc(-c2cccc(N3c4cc(-c5ccc6c(c5)-c5cc7ccccc7cc5C6(c5ccccc5)c5ccccc5)ccc4Sc4c3ccc3ccccc43)c2)cc1. The zero-order valence-electron chi connectivity index (χ0n) is 32.2. The summed E-state index contributed by atoms with van der Waals surface area (Å²) in [5, 5.41) is 5.04. The van der Waals surface area contributed by atoms with Crippen LogP contribution < -0.4 is 4.90 Å². The van der Waals surface area contributed by atoms with Crippen LogP contribution in [-0.2, 0) is 5.41 Å². The van der Waals surface area contributed by atoms with Crippen LogP contribution in [0, 0.1) is 0 Å². The second kappa shape index (κ2) is 13.5. The first kappa shape index (κ1) is 34.0. The molecule has 0 saturated carbocycles. The third-order valence-corrected chi connectivity index (χ3v) is 13.7. The van der Waals surface area contributed by atoms with Gasteiger partial charge in [-0.25, -0.2) is 0 Å². The van der Waals surface area contributed by atoms with Crippen LogP contribution in [0.2, 0.25) is 0 Å². The first-order valence-electron chi connectivity index (χ1n) is 20.3. The monoisotopic (exact) mass is 767 g/mol. The van der Waals surface area contributed by atoms with Gasteiger partial charge in [0.25, 0.3) is 0 Å². The minimum Gasteiger partial charge on any atom is -0.308 e. The summed E-state index contributed by atoms with van der Waals surface area (Å²) in [7, 11) is 0. The third kappa shape index (κ3) is 5.27. The maximum Gasteiger partial charge on any atom is 0.0713 e.